The minimum Gasteiger partial charge on any atom is -0.476 e. The van der Waals surface area contributed by atoms with Gasteiger partial charge in [0.25, 0.3) is 0 Å². The third kappa shape index (κ3) is 2.45. The second-order valence-electron chi connectivity index (χ2n) is 3.56. The third-order valence-electron chi connectivity index (χ3n) is 2.41. The number of rotatable bonds is 4. The maximum atomic E-state index is 11.8. The second kappa shape index (κ2) is 4.76. The van der Waals surface area contributed by atoms with Crippen LogP contribution in [0.4, 0.5) is 0 Å². The number of carboxylic acids is 1. The molecule has 0 spiro atoms. The number of nitrogens with zero attached hydrogens (tertiary/aromatic N) is 4. The molecule has 9 heteroatoms. The van der Waals surface area contributed by atoms with Gasteiger partial charge in [0.15, 0.2) is 21.3 Å². The summed E-state index contributed by atoms with van der Waals surface area (Å²) >= 11 is 0. The van der Waals surface area contributed by atoms with E-state index < -0.39 is 21.5 Å². The van der Waals surface area contributed by atoms with Crippen molar-refractivity contribution in [1.82, 2.24) is 19.7 Å². The minimum absolute atomic E-state index is 0.185. The van der Waals surface area contributed by atoms with Crippen LogP contribution in [0.15, 0.2) is 29.7 Å². The van der Waals surface area contributed by atoms with Gasteiger partial charge >= 0.3 is 5.97 Å². The lowest BCUT2D eigenvalue weighted by molar-refractivity contribution is 0.0685. The Balaban J connectivity index is 2.63. The monoisotopic (exact) mass is 282 g/mol. The van der Waals surface area contributed by atoms with Gasteiger partial charge in [-0.05, 0) is 12.1 Å². The van der Waals surface area contributed by atoms with Gasteiger partial charge in [0.05, 0.1) is 5.75 Å². The maximum absolute atomic E-state index is 11.8. The molecule has 0 aliphatic rings. The molecule has 2 aromatic rings. The summed E-state index contributed by atoms with van der Waals surface area (Å²) in [5.41, 5.74) is -0.519. The molecule has 0 radical (unpaired) electrons. The molecule has 0 fully saturated rings. The van der Waals surface area contributed by atoms with Gasteiger partial charge in [0.2, 0.25) is 0 Å². The Morgan fingerprint density at radius 3 is 2.68 bits per heavy atom. The van der Waals surface area contributed by atoms with Gasteiger partial charge in [-0.25, -0.2) is 27.9 Å². The van der Waals surface area contributed by atoms with Crippen molar-refractivity contribution in [1.29, 1.82) is 0 Å². The molecule has 2 heterocycles. The van der Waals surface area contributed by atoms with Crippen LogP contribution in [-0.4, -0.2) is 45.0 Å². The molecule has 19 heavy (non-hydrogen) atoms. The maximum Gasteiger partial charge on any atom is 0.355 e. The topological polar surface area (TPSA) is 115 Å². The van der Waals surface area contributed by atoms with Crippen LogP contribution in [0.1, 0.15) is 17.4 Å². The van der Waals surface area contributed by atoms with Crippen LogP contribution >= 0.6 is 0 Å². The second-order valence-corrected chi connectivity index (χ2v) is 5.81. The predicted molar refractivity (Wildman–Crippen MR) is 63.8 cm³/mol. The zero-order valence-corrected chi connectivity index (χ0v) is 10.7. The normalized spacial score (nSPS) is 11.4. The lowest BCUT2D eigenvalue weighted by atomic mass is 10.3. The van der Waals surface area contributed by atoms with Crippen LogP contribution < -0.4 is 0 Å². The first-order valence-electron chi connectivity index (χ1n) is 5.28. The number of hydrogen-bond acceptors (Lipinski definition) is 6. The molecule has 0 unspecified atom stereocenters. The van der Waals surface area contributed by atoms with Crippen molar-refractivity contribution in [3.05, 3.63) is 30.5 Å². The van der Waals surface area contributed by atoms with Crippen LogP contribution in [0, 0.1) is 0 Å². The van der Waals surface area contributed by atoms with Crippen molar-refractivity contribution >= 4 is 15.8 Å². The summed E-state index contributed by atoms with van der Waals surface area (Å²) in [6.07, 6.45) is 2.60. The Morgan fingerprint density at radius 1 is 1.42 bits per heavy atom. The number of carbonyl (C=O) groups is 1. The zero-order valence-electron chi connectivity index (χ0n) is 9.89. The van der Waals surface area contributed by atoms with Crippen molar-refractivity contribution in [3.63, 3.8) is 0 Å². The highest BCUT2D eigenvalue weighted by atomic mass is 32.2. The van der Waals surface area contributed by atoms with Gasteiger partial charge in [-0.2, -0.15) is 5.10 Å². The highest BCUT2D eigenvalue weighted by Gasteiger charge is 2.23. The van der Waals surface area contributed by atoms with Crippen LogP contribution in [-0.2, 0) is 9.84 Å². The van der Waals surface area contributed by atoms with E-state index in [1.165, 1.54) is 36.4 Å². The fourth-order valence-electron chi connectivity index (χ4n) is 1.45. The number of hydrogen-bond donors (Lipinski definition) is 1. The Hall–Kier alpha value is -2.29. The SMILES string of the molecule is CCS(=O)(=O)c1ccc(-n2cncn2)nc1C(=O)O. The Labute approximate surface area is 108 Å². The number of aromatic nitrogens is 4. The van der Waals surface area contributed by atoms with E-state index in [4.69, 9.17) is 5.11 Å². The van der Waals surface area contributed by atoms with Crippen molar-refractivity contribution in [2.75, 3.05) is 5.75 Å². The van der Waals surface area contributed by atoms with Gasteiger partial charge in [0.1, 0.15) is 17.6 Å². The van der Waals surface area contributed by atoms with Gasteiger partial charge in [-0.15, -0.1) is 0 Å². The van der Waals surface area contributed by atoms with Crippen LogP contribution in [0.25, 0.3) is 5.82 Å². The quantitative estimate of drug-likeness (QED) is 0.848. The Kier molecular flexibility index (Phi) is 3.30. The van der Waals surface area contributed by atoms with E-state index in [2.05, 4.69) is 15.1 Å². The van der Waals surface area contributed by atoms with E-state index in [1.807, 2.05) is 0 Å². The van der Waals surface area contributed by atoms with Crippen molar-refractivity contribution < 1.29 is 18.3 Å². The predicted octanol–water partition coefficient (Wildman–Crippen LogP) is 0.154. The smallest absolute Gasteiger partial charge is 0.355 e. The van der Waals surface area contributed by atoms with Crippen molar-refractivity contribution in [2.24, 2.45) is 0 Å². The number of sulfone groups is 1. The molecule has 0 saturated heterocycles. The molecule has 2 aromatic heterocycles. The van der Waals surface area contributed by atoms with E-state index in [-0.39, 0.29) is 16.5 Å². The highest BCUT2D eigenvalue weighted by molar-refractivity contribution is 7.91. The molecular formula is C10H10N4O4S. The summed E-state index contributed by atoms with van der Waals surface area (Å²) in [6.45, 7) is 1.44. The fraction of sp³-hybridized carbons (Fsp3) is 0.200. The largest absolute Gasteiger partial charge is 0.476 e. The van der Waals surface area contributed by atoms with E-state index >= 15 is 0 Å². The first kappa shape index (κ1) is 13.1. The summed E-state index contributed by atoms with van der Waals surface area (Å²) in [5, 5.41) is 12.9. The average Bonchev–Trinajstić information content (AvgIpc) is 2.91. The van der Waals surface area contributed by atoms with Gasteiger partial charge < -0.3 is 5.11 Å². The average molecular weight is 282 g/mol. The van der Waals surface area contributed by atoms with Crippen LogP contribution in [0.3, 0.4) is 0 Å². The van der Waals surface area contributed by atoms with Crippen LogP contribution in [0.5, 0.6) is 0 Å². The van der Waals surface area contributed by atoms with Gasteiger partial charge in [-0.3, -0.25) is 0 Å². The molecule has 2 rings (SSSR count). The summed E-state index contributed by atoms with van der Waals surface area (Å²) < 4.78 is 24.8. The molecule has 0 bridgehead atoms. The molecule has 100 valence electrons. The molecule has 0 aliphatic carbocycles. The lowest BCUT2D eigenvalue weighted by Crippen LogP contribution is -2.14. The first-order valence-corrected chi connectivity index (χ1v) is 6.93. The number of carboxylic acid groups (broad SMARTS) is 1. The molecule has 0 aliphatic heterocycles. The third-order valence-corrected chi connectivity index (χ3v) is 4.17. The van der Waals surface area contributed by atoms with Gasteiger partial charge in [-0.1, -0.05) is 6.92 Å². The minimum atomic E-state index is -3.65. The summed E-state index contributed by atoms with van der Waals surface area (Å²) in [4.78, 5) is 18.4. The zero-order chi connectivity index (χ0) is 14.0. The summed E-state index contributed by atoms with van der Waals surface area (Å²) in [5.74, 6) is -1.42. The van der Waals surface area contributed by atoms with E-state index in [0.29, 0.717) is 0 Å². The molecule has 8 nitrogen and oxygen atoms in total. The molecule has 0 aromatic carbocycles. The summed E-state index contributed by atoms with van der Waals surface area (Å²) in [6, 6.07) is 2.59. The standard InChI is InChI=1S/C10H10N4O4S/c1-2-19(17,18)7-3-4-8(13-9(7)10(15)16)14-6-11-5-12-14/h3-6H,2H2,1H3,(H,15,16). The number of aromatic carboxylic acids is 1. The lowest BCUT2D eigenvalue weighted by Gasteiger charge is -2.07. The Morgan fingerprint density at radius 2 is 2.16 bits per heavy atom. The molecule has 0 atom stereocenters. The summed E-state index contributed by atoms with van der Waals surface area (Å²) in [7, 11) is -3.65. The van der Waals surface area contributed by atoms with E-state index in [9.17, 15) is 13.2 Å². The molecule has 1 N–H and O–H groups in total. The molecular weight excluding hydrogens is 272 g/mol. The van der Waals surface area contributed by atoms with E-state index in [0.717, 1.165) is 0 Å². The Bertz CT molecular complexity index is 709. The van der Waals surface area contributed by atoms with E-state index in [1.54, 1.807) is 0 Å². The molecule has 0 saturated carbocycles. The van der Waals surface area contributed by atoms with Crippen LogP contribution in [0.2, 0.25) is 0 Å². The first-order chi connectivity index (χ1) is 8.95. The fourth-order valence-corrected chi connectivity index (χ4v) is 2.46. The van der Waals surface area contributed by atoms with Gasteiger partial charge in [0, 0.05) is 0 Å². The van der Waals surface area contributed by atoms with Crippen molar-refractivity contribution in [2.45, 2.75) is 11.8 Å². The highest BCUT2D eigenvalue weighted by Crippen LogP contribution is 2.17. The number of pyridine rings is 1. The molecule has 0 amide bonds. The van der Waals surface area contributed by atoms with Crippen molar-refractivity contribution in [3.8, 4) is 5.82 Å².